The van der Waals surface area contributed by atoms with Crippen LogP contribution in [0.3, 0.4) is 0 Å². The molecular formula is C12H24BrNO. The van der Waals surface area contributed by atoms with E-state index in [0.29, 0.717) is 12.2 Å². The molecule has 2 unspecified atom stereocenters. The minimum Gasteiger partial charge on any atom is -0.374 e. The van der Waals surface area contributed by atoms with Gasteiger partial charge in [-0.2, -0.15) is 0 Å². The zero-order valence-corrected chi connectivity index (χ0v) is 11.4. The predicted octanol–water partition coefficient (Wildman–Crippen LogP) is 3.10. The van der Waals surface area contributed by atoms with Crippen LogP contribution in [0.25, 0.3) is 0 Å². The van der Waals surface area contributed by atoms with Gasteiger partial charge in [0.05, 0.1) is 12.2 Å². The number of nitrogens with one attached hydrogen (secondary N) is 1. The van der Waals surface area contributed by atoms with Crippen molar-refractivity contribution >= 4 is 15.9 Å². The number of hydrogen-bond acceptors (Lipinski definition) is 2. The fourth-order valence-electron chi connectivity index (χ4n) is 2.00. The molecule has 1 N–H and O–H groups in total. The minimum absolute atomic E-state index is 0.475. The third kappa shape index (κ3) is 6.54. The van der Waals surface area contributed by atoms with Crippen molar-refractivity contribution in [3.8, 4) is 0 Å². The van der Waals surface area contributed by atoms with Crippen molar-refractivity contribution in [2.75, 3.05) is 18.4 Å². The molecule has 0 aromatic heterocycles. The molecule has 1 aliphatic heterocycles. The molecule has 0 aromatic rings. The molecule has 2 nitrogen and oxygen atoms in total. The van der Waals surface area contributed by atoms with Crippen molar-refractivity contribution < 1.29 is 4.74 Å². The zero-order chi connectivity index (χ0) is 10.9. The molecular weight excluding hydrogens is 254 g/mol. The van der Waals surface area contributed by atoms with Crippen molar-refractivity contribution in [1.29, 1.82) is 0 Å². The number of rotatable bonds is 8. The molecule has 1 saturated heterocycles. The normalized spacial score (nSPS) is 26.0. The summed E-state index contributed by atoms with van der Waals surface area (Å²) in [5, 5.41) is 4.64. The highest BCUT2D eigenvalue weighted by atomic mass is 79.9. The highest BCUT2D eigenvalue weighted by Crippen LogP contribution is 2.18. The molecule has 1 rings (SSSR count). The average molecular weight is 278 g/mol. The Bertz CT molecular complexity index is 155. The Hall–Kier alpha value is 0.400. The maximum Gasteiger partial charge on any atom is 0.0704 e. The van der Waals surface area contributed by atoms with Crippen molar-refractivity contribution in [3.63, 3.8) is 0 Å². The van der Waals surface area contributed by atoms with E-state index in [-0.39, 0.29) is 0 Å². The maximum atomic E-state index is 5.74. The summed E-state index contributed by atoms with van der Waals surface area (Å²) in [7, 11) is 0. The molecule has 15 heavy (non-hydrogen) atoms. The Morgan fingerprint density at radius 2 is 2.00 bits per heavy atom. The zero-order valence-electron chi connectivity index (χ0n) is 9.80. The third-order valence-electron chi connectivity index (χ3n) is 2.93. The van der Waals surface area contributed by atoms with Gasteiger partial charge in [0.25, 0.3) is 0 Å². The second kappa shape index (κ2) is 8.54. The van der Waals surface area contributed by atoms with Gasteiger partial charge in [-0.1, -0.05) is 28.8 Å². The van der Waals surface area contributed by atoms with Crippen LogP contribution in [0.15, 0.2) is 0 Å². The van der Waals surface area contributed by atoms with E-state index in [1.54, 1.807) is 0 Å². The van der Waals surface area contributed by atoms with E-state index in [4.69, 9.17) is 4.74 Å². The molecule has 0 saturated carbocycles. The Labute approximate surface area is 102 Å². The third-order valence-corrected chi connectivity index (χ3v) is 3.49. The van der Waals surface area contributed by atoms with Gasteiger partial charge in [0.2, 0.25) is 0 Å². The fraction of sp³-hybridized carbons (Fsp3) is 1.00. The minimum atomic E-state index is 0.475. The molecule has 0 aliphatic carbocycles. The van der Waals surface area contributed by atoms with E-state index in [9.17, 15) is 0 Å². The summed E-state index contributed by atoms with van der Waals surface area (Å²) >= 11 is 3.45. The van der Waals surface area contributed by atoms with Gasteiger partial charge >= 0.3 is 0 Å². The molecule has 1 heterocycles. The summed E-state index contributed by atoms with van der Waals surface area (Å²) in [4.78, 5) is 0. The van der Waals surface area contributed by atoms with Gasteiger partial charge in [-0.3, -0.25) is 0 Å². The molecule has 0 radical (unpaired) electrons. The van der Waals surface area contributed by atoms with E-state index in [0.717, 1.165) is 18.4 Å². The van der Waals surface area contributed by atoms with Crippen LogP contribution in [-0.2, 0) is 4.74 Å². The van der Waals surface area contributed by atoms with Crippen LogP contribution >= 0.6 is 15.9 Å². The molecule has 0 spiro atoms. The molecule has 3 heteroatoms. The van der Waals surface area contributed by atoms with Gasteiger partial charge in [-0.25, -0.2) is 0 Å². The standard InChI is InChI=1S/C12H24BrNO/c1-11-6-7-12(15-11)10-14-9-5-3-2-4-8-13/h11-12,14H,2-10H2,1H3. The number of hydrogen-bond donors (Lipinski definition) is 1. The quantitative estimate of drug-likeness (QED) is 0.544. The van der Waals surface area contributed by atoms with E-state index in [2.05, 4.69) is 28.2 Å². The second-order valence-corrected chi connectivity index (χ2v) is 5.25. The van der Waals surface area contributed by atoms with E-state index >= 15 is 0 Å². The average Bonchev–Trinajstić information content (AvgIpc) is 2.63. The number of ether oxygens (including phenoxy) is 1. The first kappa shape index (κ1) is 13.5. The summed E-state index contributed by atoms with van der Waals surface area (Å²) in [6.07, 6.45) is 8.73. The molecule has 90 valence electrons. The molecule has 0 aromatic carbocycles. The lowest BCUT2D eigenvalue weighted by Gasteiger charge is -2.11. The van der Waals surface area contributed by atoms with Crippen LogP contribution in [-0.4, -0.2) is 30.6 Å². The lowest BCUT2D eigenvalue weighted by molar-refractivity contribution is 0.0561. The van der Waals surface area contributed by atoms with Crippen LogP contribution in [0.5, 0.6) is 0 Å². The van der Waals surface area contributed by atoms with Gasteiger partial charge in [0, 0.05) is 11.9 Å². The van der Waals surface area contributed by atoms with E-state index in [1.807, 2.05) is 0 Å². The summed E-state index contributed by atoms with van der Waals surface area (Å²) in [5.41, 5.74) is 0. The summed E-state index contributed by atoms with van der Waals surface area (Å²) in [6, 6.07) is 0. The molecule has 1 aliphatic rings. The van der Waals surface area contributed by atoms with Gasteiger partial charge in [-0.15, -0.1) is 0 Å². The number of halogens is 1. The van der Waals surface area contributed by atoms with Crippen LogP contribution in [0.2, 0.25) is 0 Å². The predicted molar refractivity (Wildman–Crippen MR) is 68.7 cm³/mol. The lowest BCUT2D eigenvalue weighted by atomic mass is 10.2. The Kier molecular flexibility index (Phi) is 7.67. The number of unbranched alkanes of at least 4 members (excludes halogenated alkanes) is 3. The highest BCUT2D eigenvalue weighted by molar-refractivity contribution is 9.09. The van der Waals surface area contributed by atoms with Crippen LogP contribution in [0.1, 0.15) is 45.4 Å². The van der Waals surface area contributed by atoms with Crippen LogP contribution < -0.4 is 5.32 Å². The topological polar surface area (TPSA) is 21.3 Å². The smallest absolute Gasteiger partial charge is 0.0704 e. The van der Waals surface area contributed by atoms with Gasteiger partial charge in [-0.05, 0) is 39.2 Å². The van der Waals surface area contributed by atoms with Crippen molar-refractivity contribution in [2.24, 2.45) is 0 Å². The lowest BCUT2D eigenvalue weighted by Crippen LogP contribution is -2.27. The molecule has 0 amide bonds. The first-order chi connectivity index (χ1) is 7.33. The Balaban J connectivity index is 1.81. The van der Waals surface area contributed by atoms with Gasteiger partial charge in [0.1, 0.15) is 0 Å². The first-order valence-electron chi connectivity index (χ1n) is 6.25. The van der Waals surface area contributed by atoms with Crippen molar-refractivity contribution in [1.82, 2.24) is 5.32 Å². The monoisotopic (exact) mass is 277 g/mol. The largest absolute Gasteiger partial charge is 0.374 e. The fourth-order valence-corrected chi connectivity index (χ4v) is 2.39. The summed E-state index contributed by atoms with van der Waals surface area (Å²) in [5.74, 6) is 0. The van der Waals surface area contributed by atoms with E-state index in [1.165, 1.54) is 38.5 Å². The molecule has 0 bridgehead atoms. The maximum absolute atomic E-state index is 5.74. The van der Waals surface area contributed by atoms with Gasteiger partial charge in [0.15, 0.2) is 0 Å². The van der Waals surface area contributed by atoms with Crippen LogP contribution in [0, 0.1) is 0 Å². The first-order valence-corrected chi connectivity index (χ1v) is 7.37. The van der Waals surface area contributed by atoms with Gasteiger partial charge < -0.3 is 10.1 Å². The van der Waals surface area contributed by atoms with Crippen LogP contribution in [0.4, 0.5) is 0 Å². The van der Waals surface area contributed by atoms with E-state index < -0.39 is 0 Å². The number of alkyl halides is 1. The summed E-state index contributed by atoms with van der Waals surface area (Å²) in [6.45, 7) is 4.36. The Morgan fingerprint density at radius 3 is 2.67 bits per heavy atom. The highest BCUT2D eigenvalue weighted by Gasteiger charge is 2.20. The SMILES string of the molecule is CC1CCC(CNCCCCCCBr)O1. The Morgan fingerprint density at radius 1 is 1.20 bits per heavy atom. The molecule has 1 fully saturated rings. The summed E-state index contributed by atoms with van der Waals surface area (Å²) < 4.78 is 5.74. The second-order valence-electron chi connectivity index (χ2n) is 4.45. The van der Waals surface area contributed by atoms with Crippen molar-refractivity contribution in [2.45, 2.75) is 57.7 Å². The van der Waals surface area contributed by atoms with Crippen molar-refractivity contribution in [3.05, 3.63) is 0 Å². The molecule has 2 atom stereocenters.